The van der Waals surface area contributed by atoms with Crippen LogP contribution in [0.3, 0.4) is 0 Å². The van der Waals surface area contributed by atoms with E-state index in [0.717, 1.165) is 14.7 Å². The molecule has 0 spiro atoms. The van der Waals surface area contributed by atoms with Gasteiger partial charge in [0.05, 0.1) is 33.9 Å². The number of ether oxygens (including phenoxy) is 2. The van der Waals surface area contributed by atoms with Gasteiger partial charge in [0.1, 0.15) is 0 Å². The molecule has 0 bridgehead atoms. The molecule has 0 saturated carbocycles. The molecule has 4 aromatic rings. The molecule has 32 heavy (non-hydrogen) atoms. The van der Waals surface area contributed by atoms with Crippen molar-refractivity contribution in [3.8, 4) is 22.9 Å². The van der Waals surface area contributed by atoms with Gasteiger partial charge in [0.25, 0.3) is 5.56 Å². The first-order valence-corrected chi connectivity index (χ1v) is 11.4. The second-order valence-corrected chi connectivity index (χ2v) is 8.04. The quantitative estimate of drug-likeness (QED) is 0.235. The first kappa shape index (κ1) is 22.0. The highest BCUT2D eigenvalue weighted by atomic mass is 127. The summed E-state index contributed by atoms with van der Waals surface area (Å²) in [6.45, 7) is 4.92. The van der Waals surface area contributed by atoms with Crippen molar-refractivity contribution in [1.82, 2.24) is 9.66 Å². The van der Waals surface area contributed by atoms with Gasteiger partial charge in [-0.3, -0.25) is 4.79 Å². The van der Waals surface area contributed by atoms with E-state index in [9.17, 15) is 4.79 Å². The fraction of sp³-hybridized carbons (Fsp3) is 0.160. The molecule has 7 heteroatoms. The van der Waals surface area contributed by atoms with E-state index in [0.29, 0.717) is 41.4 Å². The predicted molar refractivity (Wildman–Crippen MR) is 136 cm³/mol. The van der Waals surface area contributed by atoms with Crippen molar-refractivity contribution in [3.63, 3.8) is 0 Å². The number of aromatic nitrogens is 2. The van der Waals surface area contributed by atoms with Crippen LogP contribution in [0, 0.1) is 3.57 Å². The van der Waals surface area contributed by atoms with E-state index in [1.54, 1.807) is 12.3 Å². The molecule has 0 saturated heterocycles. The number of para-hydroxylation sites is 1. The molecule has 162 valence electrons. The molecule has 0 atom stereocenters. The average molecular weight is 539 g/mol. The average Bonchev–Trinajstić information content (AvgIpc) is 2.81. The van der Waals surface area contributed by atoms with Gasteiger partial charge in [-0.05, 0) is 66.3 Å². The second kappa shape index (κ2) is 9.95. The largest absolute Gasteiger partial charge is 0.490 e. The van der Waals surface area contributed by atoms with Crippen LogP contribution in [0.1, 0.15) is 19.4 Å². The Bertz CT molecular complexity index is 1330. The Kier molecular flexibility index (Phi) is 6.84. The van der Waals surface area contributed by atoms with Gasteiger partial charge in [-0.25, -0.2) is 4.98 Å². The molecular weight excluding hydrogens is 517 g/mol. The van der Waals surface area contributed by atoms with Gasteiger partial charge in [-0.1, -0.05) is 42.5 Å². The summed E-state index contributed by atoms with van der Waals surface area (Å²) in [6, 6.07) is 20.7. The number of fused-ring (bicyclic) bond motifs is 1. The summed E-state index contributed by atoms with van der Waals surface area (Å²) in [4.78, 5) is 18.0. The molecule has 1 heterocycles. The van der Waals surface area contributed by atoms with Crippen LogP contribution in [-0.4, -0.2) is 29.1 Å². The second-order valence-electron chi connectivity index (χ2n) is 6.88. The molecule has 0 aliphatic carbocycles. The van der Waals surface area contributed by atoms with Crippen molar-refractivity contribution in [2.45, 2.75) is 13.8 Å². The Morgan fingerprint density at radius 2 is 1.72 bits per heavy atom. The van der Waals surface area contributed by atoms with Crippen LogP contribution in [0.15, 0.2) is 76.6 Å². The van der Waals surface area contributed by atoms with Gasteiger partial charge in [0.15, 0.2) is 17.3 Å². The Morgan fingerprint density at radius 3 is 2.47 bits per heavy atom. The standard InChI is InChI=1S/C25H22IN3O3/c1-3-31-22-15-17(14-20(26)23(22)32-4-2)16-27-29-24(18-10-6-5-7-11-18)28-21-13-9-8-12-19(21)25(29)30/h5-16H,3-4H2,1-2H3. The highest BCUT2D eigenvalue weighted by Gasteiger charge is 2.14. The third-order valence-electron chi connectivity index (χ3n) is 4.73. The monoisotopic (exact) mass is 539 g/mol. The van der Waals surface area contributed by atoms with Crippen molar-refractivity contribution < 1.29 is 9.47 Å². The molecule has 0 amide bonds. The Hall–Kier alpha value is -3.20. The molecule has 0 aliphatic heterocycles. The molecule has 0 unspecified atom stereocenters. The molecular formula is C25H22IN3O3. The fourth-order valence-electron chi connectivity index (χ4n) is 3.34. The highest BCUT2D eigenvalue weighted by molar-refractivity contribution is 14.1. The van der Waals surface area contributed by atoms with E-state index in [1.165, 1.54) is 4.68 Å². The van der Waals surface area contributed by atoms with Crippen molar-refractivity contribution in [2.75, 3.05) is 13.2 Å². The number of hydrogen-bond donors (Lipinski definition) is 0. The van der Waals surface area contributed by atoms with Crippen LogP contribution in [0.2, 0.25) is 0 Å². The minimum absolute atomic E-state index is 0.226. The van der Waals surface area contributed by atoms with Crippen molar-refractivity contribution in [2.24, 2.45) is 5.10 Å². The third kappa shape index (κ3) is 4.52. The van der Waals surface area contributed by atoms with E-state index in [1.807, 2.05) is 74.5 Å². The lowest BCUT2D eigenvalue weighted by Gasteiger charge is -2.13. The van der Waals surface area contributed by atoms with E-state index >= 15 is 0 Å². The Labute approximate surface area is 199 Å². The lowest BCUT2D eigenvalue weighted by molar-refractivity contribution is 0.286. The number of benzene rings is 3. The first-order chi connectivity index (χ1) is 15.6. The van der Waals surface area contributed by atoms with Crippen LogP contribution >= 0.6 is 22.6 Å². The zero-order chi connectivity index (χ0) is 22.5. The first-order valence-electron chi connectivity index (χ1n) is 10.3. The molecule has 0 radical (unpaired) electrons. The minimum Gasteiger partial charge on any atom is -0.490 e. The lowest BCUT2D eigenvalue weighted by atomic mass is 10.2. The minimum atomic E-state index is -0.226. The van der Waals surface area contributed by atoms with Gasteiger partial charge in [-0.15, -0.1) is 0 Å². The maximum Gasteiger partial charge on any atom is 0.282 e. The molecule has 0 aliphatic rings. The molecule has 0 fully saturated rings. The van der Waals surface area contributed by atoms with Gasteiger partial charge in [-0.2, -0.15) is 9.78 Å². The van der Waals surface area contributed by atoms with E-state index in [4.69, 9.17) is 14.5 Å². The van der Waals surface area contributed by atoms with Gasteiger partial charge in [0, 0.05) is 5.56 Å². The maximum absolute atomic E-state index is 13.3. The smallest absolute Gasteiger partial charge is 0.282 e. The maximum atomic E-state index is 13.3. The SMILES string of the molecule is CCOc1cc(C=Nn2c(-c3ccccc3)nc3ccccc3c2=O)cc(I)c1OCC. The molecule has 0 N–H and O–H groups in total. The van der Waals surface area contributed by atoms with Crippen LogP contribution < -0.4 is 15.0 Å². The Morgan fingerprint density at radius 1 is 1.00 bits per heavy atom. The van der Waals surface area contributed by atoms with Gasteiger partial charge in [0.2, 0.25) is 0 Å². The van der Waals surface area contributed by atoms with Gasteiger partial charge >= 0.3 is 0 Å². The van der Waals surface area contributed by atoms with Crippen molar-refractivity contribution in [3.05, 3.63) is 86.2 Å². The summed E-state index contributed by atoms with van der Waals surface area (Å²) >= 11 is 2.22. The van der Waals surface area contributed by atoms with Crippen molar-refractivity contribution >= 4 is 39.7 Å². The Balaban J connectivity index is 1.85. The number of rotatable bonds is 7. The fourth-order valence-corrected chi connectivity index (χ4v) is 4.12. The number of nitrogens with zero attached hydrogens (tertiary/aromatic N) is 3. The summed E-state index contributed by atoms with van der Waals surface area (Å²) in [7, 11) is 0. The summed E-state index contributed by atoms with van der Waals surface area (Å²) in [5, 5.41) is 5.05. The molecule has 1 aromatic heterocycles. The van der Waals surface area contributed by atoms with E-state index < -0.39 is 0 Å². The molecule has 4 rings (SSSR count). The summed E-state index contributed by atoms with van der Waals surface area (Å²) in [5.41, 5.74) is 2.01. The lowest BCUT2D eigenvalue weighted by Crippen LogP contribution is -2.20. The molecule has 3 aromatic carbocycles. The van der Waals surface area contributed by atoms with Crippen LogP contribution in [0.5, 0.6) is 11.5 Å². The predicted octanol–water partition coefficient (Wildman–Crippen LogP) is 5.35. The van der Waals surface area contributed by atoms with Crippen LogP contribution in [0.4, 0.5) is 0 Å². The summed E-state index contributed by atoms with van der Waals surface area (Å²) < 4.78 is 13.8. The highest BCUT2D eigenvalue weighted by Crippen LogP contribution is 2.34. The van der Waals surface area contributed by atoms with Crippen LogP contribution in [0.25, 0.3) is 22.3 Å². The summed E-state index contributed by atoms with van der Waals surface area (Å²) in [6.07, 6.45) is 1.64. The third-order valence-corrected chi connectivity index (χ3v) is 5.53. The van der Waals surface area contributed by atoms with Crippen LogP contribution in [-0.2, 0) is 0 Å². The number of hydrogen-bond acceptors (Lipinski definition) is 5. The topological polar surface area (TPSA) is 65.7 Å². The van der Waals surface area contributed by atoms with Gasteiger partial charge < -0.3 is 9.47 Å². The summed E-state index contributed by atoms with van der Waals surface area (Å²) in [5.74, 6) is 1.84. The zero-order valence-corrected chi connectivity index (χ0v) is 19.9. The molecule has 6 nitrogen and oxygen atoms in total. The van der Waals surface area contributed by atoms with Crippen molar-refractivity contribution in [1.29, 1.82) is 0 Å². The zero-order valence-electron chi connectivity index (χ0n) is 17.8. The van der Waals surface area contributed by atoms with E-state index in [-0.39, 0.29) is 5.56 Å². The van der Waals surface area contributed by atoms with E-state index in [2.05, 4.69) is 27.7 Å². The number of halogens is 1. The normalized spacial score (nSPS) is 11.2.